The molecular weight excluding hydrogens is 442 g/mol. The van der Waals surface area contributed by atoms with E-state index in [9.17, 15) is 14.4 Å². The lowest BCUT2D eigenvalue weighted by Gasteiger charge is -2.49. The van der Waals surface area contributed by atoms with Crippen molar-refractivity contribution in [3.05, 3.63) is 35.9 Å². The van der Waals surface area contributed by atoms with E-state index in [1.165, 1.54) is 12.0 Å². The van der Waals surface area contributed by atoms with Gasteiger partial charge in [-0.1, -0.05) is 37.3 Å². The number of esters is 2. The summed E-state index contributed by atoms with van der Waals surface area (Å²) < 4.78 is 23.2. The van der Waals surface area contributed by atoms with Crippen molar-refractivity contribution in [1.82, 2.24) is 4.90 Å². The summed E-state index contributed by atoms with van der Waals surface area (Å²) in [5, 5.41) is 0. The summed E-state index contributed by atoms with van der Waals surface area (Å²) in [6.07, 6.45) is 0.191. The minimum Gasteiger partial charge on any atom is -0.467 e. The van der Waals surface area contributed by atoms with Crippen LogP contribution in [0.15, 0.2) is 30.3 Å². The topological polar surface area (TPSA) is 91.4 Å². The summed E-state index contributed by atoms with van der Waals surface area (Å²) in [5.74, 6) is -1.00. The van der Waals surface area contributed by atoms with Crippen LogP contribution in [0.3, 0.4) is 0 Å². The van der Waals surface area contributed by atoms with E-state index in [1.807, 2.05) is 30.3 Å². The summed E-state index contributed by atoms with van der Waals surface area (Å²) in [5.41, 5.74) is -0.126. The normalized spacial score (nSPS) is 33.2. The molecule has 1 aromatic rings. The quantitative estimate of drug-likeness (QED) is 0.366. The lowest BCUT2D eigenvalue weighted by atomic mass is 9.66. The van der Waals surface area contributed by atoms with Crippen molar-refractivity contribution >= 4 is 26.3 Å². The van der Waals surface area contributed by atoms with Crippen LogP contribution in [-0.4, -0.2) is 62.1 Å². The Balaban J connectivity index is 1.66. The van der Waals surface area contributed by atoms with E-state index < -0.39 is 38.1 Å². The van der Waals surface area contributed by atoms with Crippen molar-refractivity contribution in [1.29, 1.82) is 0 Å². The maximum atomic E-state index is 13.3. The minimum absolute atomic E-state index is 0.0789. The lowest BCUT2D eigenvalue weighted by molar-refractivity contribution is -0.159. The molecule has 2 aliphatic heterocycles. The SMILES string of the molecule is COC(=O)[C@@H]1C[C@@]23OC(=O)C[C@@H]2[C@H](O[Si](C)(C)C)[C@@H](C)C[C@H]3N1C(=O)OCc1ccccc1. The number of ether oxygens (including phenoxy) is 3. The number of amides is 1. The number of hydrogen-bond acceptors (Lipinski definition) is 7. The molecule has 2 saturated heterocycles. The van der Waals surface area contributed by atoms with Crippen molar-refractivity contribution in [3.8, 4) is 0 Å². The summed E-state index contributed by atoms with van der Waals surface area (Å²) in [6, 6.07) is 8.01. The van der Waals surface area contributed by atoms with Gasteiger partial charge in [0.2, 0.25) is 0 Å². The van der Waals surface area contributed by atoms with Crippen LogP contribution in [0, 0.1) is 11.8 Å². The van der Waals surface area contributed by atoms with E-state index in [2.05, 4.69) is 26.6 Å². The number of benzene rings is 1. The van der Waals surface area contributed by atoms with Crippen LogP contribution >= 0.6 is 0 Å². The molecule has 1 aromatic carbocycles. The highest BCUT2D eigenvalue weighted by atomic mass is 28.4. The van der Waals surface area contributed by atoms with E-state index in [0.29, 0.717) is 6.42 Å². The number of carbonyl (C=O) groups is 3. The van der Waals surface area contributed by atoms with Gasteiger partial charge in [-0.25, -0.2) is 9.59 Å². The predicted molar refractivity (Wildman–Crippen MR) is 122 cm³/mol. The Labute approximate surface area is 195 Å². The third-order valence-electron chi connectivity index (χ3n) is 7.00. The first kappa shape index (κ1) is 23.8. The third-order valence-corrected chi connectivity index (χ3v) is 7.98. The molecular formula is C24H33NO7Si. The average molecular weight is 476 g/mol. The van der Waals surface area contributed by atoms with E-state index in [-0.39, 0.29) is 43.4 Å². The molecule has 1 saturated carbocycles. The van der Waals surface area contributed by atoms with Gasteiger partial charge >= 0.3 is 18.0 Å². The fraction of sp³-hybridized carbons (Fsp3) is 0.625. The highest BCUT2D eigenvalue weighted by Crippen LogP contribution is 2.56. The van der Waals surface area contributed by atoms with E-state index in [4.69, 9.17) is 18.6 Å². The molecule has 1 spiro atoms. The van der Waals surface area contributed by atoms with Crippen LogP contribution in [0.1, 0.15) is 31.7 Å². The Kier molecular flexibility index (Phi) is 6.30. The molecule has 9 heteroatoms. The molecule has 4 rings (SSSR count). The van der Waals surface area contributed by atoms with Gasteiger partial charge in [0.05, 0.1) is 25.7 Å². The van der Waals surface area contributed by atoms with Gasteiger partial charge in [0.1, 0.15) is 18.2 Å². The molecule has 2 heterocycles. The Morgan fingerprint density at radius 3 is 2.55 bits per heavy atom. The zero-order valence-corrected chi connectivity index (χ0v) is 20.9. The first-order valence-corrected chi connectivity index (χ1v) is 14.9. The molecule has 3 aliphatic rings. The summed E-state index contributed by atoms with van der Waals surface area (Å²) >= 11 is 0. The molecule has 0 aromatic heterocycles. The second-order valence-corrected chi connectivity index (χ2v) is 14.8. The zero-order chi connectivity index (χ0) is 24.0. The summed E-state index contributed by atoms with van der Waals surface area (Å²) in [4.78, 5) is 40.1. The van der Waals surface area contributed by atoms with Crippen molar-refractivity contribution in [3.63, 3.8) is 0 Å². The van der Waals surface area contributed by atoms with Gasteiger partial charge in [-0.05, 0) is 37.5 Å². The first-order chi connectivity index (χ1) is 15.6. The molecule has 8 nitrogen and oxygen atoms in total. The number of hydrogen-bond donors (Lipinski definition) is 0. The monoisotopic (exact) mass is 475 g/mol. The molecule has 0 radical (unpaired) electrons. The van der Waals surface area contributed by atoms with Crippen LogP contribution in [0.4, 0.5) is 4.79 Å². The molecule has 6 atom stereocenters. The fourth-order valence-corrected chi connectivity index (χ4v) is 6.97. The Morgan fingerprint density at radius 1 is 1.21 bits per heavy atom. The van der Waals surface area contributed by atoms with E-state index in [0.717, 1.165) is 5.56 Å². The van der Waals surface area contributed by atoms with Gasteiger partial charge in [-0.2, -0.15) is 0 Å². The van der Waals surface area contributed by atoms with Crippen molar-refractivity contribution in [2.45, 2.75) is 76.2 Å². The van der Waals surface area contributed by atoms with Gasteiger partial charge < -0.3 is 18.6 Å². The molecule has 1 aliphatic carbocycles. The zero-order valence-electron chi connectivity index (χ0n) is 19.9. The summed E-state index contributed by atoms with van der Waals surface area (Å²) in [7, 11) is -0.615. The largest absolute Gasteiger partial charge is 0.467 e. The fourth-order valence-electron chi connectivity index (χ4n) is 5.76. The maximum absolute atomic E-state index is 13.3. The number of carbonyl (C=O) groups excluding carboxylic acids is 3. The van der Waals surface area contributed by atoms with Gasteiger partial charge in [0, 0.05) is 12.3 Å². The standard InChI is InChI=1S/C24H33NO7Si/c1-15-11-19-24(17(12-20(26)31-24)21(15)32-33(3,4)5)13-18(22(27)29-2)25(19)23(28)30-14-16-9-7-6-8-10-16/h6-10,15,17-19,21H,11-14H2,1-5H3/t15-,17+,18-,19+,21+,24+/m0/s1. The van der Waals surface area contributed by atoms with Crippen molar-refractivity contribution in [2.24, 2.45) is 11.8 Å². The molecule has 3 fully saturated rings. The number of likely N-dealkylation sites (tertiary alicyclic amines) is 1. The lowest BCUT2D eigenvalue weighted by Crippen LogP contribution is -2.60. The van der Waals surface area contributed by atoms with Crippen LogP contribution in [-0.2, 0) is 34.8 Å². The molecule has 1 amide bonds. The first-order valence-electron chi connectivity index (χ1n) is 11.5. The Morgan fingerprint density at radius 2 is 1.91 bits per heavy atom. The maximum Gasteiger partial charge on any atom is 0.411 e. The number of rotatable bonds is 5. The van der Waals surface area contributed by atoms with Gasteiger partial charge in [-0.15, -0.1) is 0 Å². The predicted octanol–water partition coefficient (Wildman–Crippen LogP) is 3.50. The smallest absolute Gasteiger partial charge is 0.411 e. The highest BCUT2D eigenvalue weighted by molar-refractivity contribution is 6.69. The van der Waals surface area contributed by atoms with Crippen LogP contribution in [0.2, 0.25) is 19.6 Å². The van der Waals surface area contributed by atoms with Gasteiger partial charge in [0.15, 0.2) is 8.32 Å². The van der Waals surface area contributed by atoms with Crippen molar-refractivity contribution in [2.75, 3.05) is 7.11 Å². The molecule has 0 N–H and O–H groups in total. The Bertz CT molecular complexity index is 917. The van der Waals surface area contributed by atoms with Gasteiger partial charge in [-0.3, -0.25) is 9.69 Å². The summed E-state index contributed by atoms with van der Waals surface area (Å²) in [6.45, 7) is 8.53. The minimum atomic E-state index is -1.91. The van der Waals surface area contributed by atoms with Crippen LogP contribution < -0.4 is 0 Å². The van der Waals surface area contributed by atoms with Crippen molar-refractivity contribution < 1.29 is 33.0 Å². The van der Waals surface area contributed by atoms with E-state index >= 15 is 0 Å². The second kappa shape index (κ2) is 8.75. The second-order valence-electron chi connectivity index (χ2n) is 10.4. The molecule has 0 unspecified atom stereocenters. The molecule has 0 bridgehead atoms. The Hall–Kier alpha value is -2.39. The number of nitrogens with zero attached hydrogens (tertiary/aromatic N) is 1. The molecule has 180 valence electrons. The van der Waals surface area contributed by atoms with Crippen LogP contribution in [0.25, 0.3) is 0 Å². The average Bonchev–Trinajstić information content (AvgIpc) is 3.27. The van der Waals surface area contributed by atoms with Crippen LogP contribution in [0.5, 0.6) is 0 Å². The number of methoxy groups -OCH3 is 1. The van der Waals surface area contributed by atoms with Gasteiger partial charge in [0.25, 0.3) is 0 Å². The third kappa shape index (κ3) is 4.40. The highest BCUT2D eigenvalue weighted by Gasteiger charge is 2.70. The van der Waals surface area contributed by atoms with E-state index in [1.54, 1.807) is 0 Å². The molecule has 33 heavy (non-hydrogen) atoms.